The van der Waals surface area contributed by atoms with Crippen LogP contribution in [0.2, 0.25) is 0 Å². The highest BCUT2D eigenvalue weighted by molar-refractivity contribution is 7.89. The second-order valence-corrected chi connectivity index (χ2v) is 14.0. The van der Waals surface area contributed by atoms with E-state index in [0.29, 0.717) is 13.1 Å². The van der Waals surface area contributed by atoms with Crippen LogP contribution in [0, 0.1) is 24.2 Å². The molecule has 2 saturated carbocycles. The molecule has 0 N–H and O–H groups in total. The van der Waals surface area contributed by atoms with Gasteiger partial charge in [-0.1, -0.05) is 43.7 Å². The summed E-state index contributed by atoms with van der Waals surface area (Å²) in [6, 6.07) is 14.5. The predicted molar refractivity (Wildman–Crippen MR) is 143 cm³/mol. The highest BCUT2D eigenvalue weighted by Gasteiger charge is 2.60. The van der Waals surface area contributed by atoms with E-state index in [-0.39, 0.29) is 34.1 Å². The van der Waals surface area contributed by atoms with Crippen molar-refractivity contribution in [3.63, 3.8) is 0 Å². The van der Waals surface area contributed by atoms with E-state index < -0.39 is 16.1 Å². The van der Waals surface area contributed by atoms with Gasteiger partial charge in [-0.15, -0.1) is 0 Å². The second-order valence-electron chi connectivity index (χ2n) is 12.1. The molecule has 0 spiro atoms. The van der Waals surface area contributed by atoms with Crippen molar-refractivity contribution in [1.29, 1.82) is 0 Å². The maximum absolute atomic E-state index is 14.4. The summed E-state index contributed by atoms with van der Waals surface area (Å²) in [5.41, 5.74) is 3.10. The van der Waals surface area contributed by atoms with E-state index in [9.17, 15) is 13.2 Å². The molecule has 3 aromatic rings. The summed E-state index contributed by atoms with van der Waals surface area (Å²) in [5.74, 6) is 0.355. The van der Waals surface area contributed by atoms with E-state index in [2.05, 4.69) is 19.9 Å². The van der Waals surface area contributed by atoms with Crippen molar-refractivity contribution in [2.24, 2.45) is 17.3 Å². The first-order valence-corrected chi connectivity index (χ1v) is 14.9. The molecule has 2 aliphatic carbocycles. The van der Waals surface area contributed by atoms with Crippen LogP contribution >= 0.6 is 0 Å². The SMILES string of the molecule is Cc1ccc(S(=O)(=O)N2C[C@@H]3C[C@@H]3[C@@H]2C(=O)N(Cc2ccc3ccoc3c2)C2CCC(C)(C)CC2)cc1. The van der Waals surface area contributed by atoms with Gasteiger partial charge in [-0.2, -0.15) is 4.31 Å². The average Bonchev–Trinajstić information content (AvgIpc) is 3.29. The number of rotatable bonds is 6. The minimum absolute atomic E-state index is 0.0371. The standard InChI is InChI=1S/C30H36N2O4S/c1-20-4-8-25(9-5-20)37(34,35)32-19-23-17-26(23)28(32)29(33)31(24-10-13-30(2,3)14-11-24)18-21-6-7-22-12-15-36-27(22)16-21/h4-9,12,15-16,23-24,26,28H,10-11,13-14,17-19H2,1-3H3/t23-,26-,28+/m0/s1. The quantitative estimate of drug-likeness (QED) is 0.415. The number of piperidine rings is 1. The lowest BCUT2D eigenvalue weighted by Gasteiger charge is -2.42. The van der Waals surface area contributed by atoms with Crippen molar-refractivity contribution in [2.45, 2.75) is 76.4 Å². The van der Waals surface area contributed by atoms with E-state index in [0.717, 1.165) is 54.2 Å². The molecule has 1 aromatic heterocycles. The lowest BCUT2D eigenvalue weighted by atomic mass is 9.75. The van der Waals surface area contributed by atoms with Crippen LogP contribution in [-0.4, -0.2) is 42.2 Å². The molecule has 3 fully saturated rings. The zero-order chi connectivity index (χ0) is 25.9. The van der Waals surface area contributed by atoms with Gasteiger partial charge in [-0.3, -0.25) is 4.79 Å². The van der Waals surface area contributed by atoms with Gasteiger partial charge in [-0.25, -0.2) is 8.42 Å². The number of benzene rings is 2. The number of carbonyl (C=O) groups excluding carboxylic acids is 1. The Hall–Kier alpha value is -2.64. The zero-order valence-electron chi connectivity index (χ0n) is 21.9. The van der Waals surface area contributed by atoms with Crippen LogP contribution in [-0.2, 0) is 21.4 Å². The van der Waals surface area contributed by atoms with Crippen LogP contribution in [0.4, 0.5) is 0 Å². The number of sulfonamides is 1. The Bertz CT molecular complexity index is 1420. The molecule has 1 saturated heterocycles. The molecule has 7 heteroatoms. The van der Waals surface area contributed by atoms with Crippen LogP contribution < -0.4 is 0 Å². The molecule has 0 bridgehead atoms. The lowest BCUT2D eigenvalue weighted by Crippen LogP contribution is -2.53. The molecule has 2 aromatic carbocycles. The van der Waals surface area contributed by atoms with Crippen molar-refractivity contribution in [3.8, 4) is 0 Å². The third kappa shape index (κ3) is 4.61. The number of furan rings is 1. The summed E-state index contributed by atoms with van der Waals surface area (Å²) >= 11 is 0. The van der Waals surface area contributed by atoms with E-state index >= 15 is 0 Å². The Morgan fingerprint density at radius 2 is 1.81 bits per heavy atom. The molecule has 6 nitrogen and oxygen atoms in total. The fraction of sp³-hybridized carbons (Fsp3) is 0.500. The Morgan fingerprint density at radius 3 is 2.54 bits per heavy atom. The molecular formula is C30H36N2O4S. The number of nitrogens with zero attached hydrogens (tertiary/aromatic N) is 2. The summed E-state index contributed by atoms with van der Waals surface area (Å²) in [4.78, 5) is 16.7. The average molecular weight is 521 g/mol. The monoisotopic (exact) mass is 520 g/mol. The van der Waals surface area contributed by atoms with E-state index in [1.807, 2.05) is 42.2 Å². The van der Waals surface area contributed by atoms with Crippen LogP contribution in [0.25, 0.3) is 11.0 Å². The van der Waals surface area contributed by atoms with Crippen molar-refractivity contribution in [3.05, 3.63) is 65.9 Å². The number of amides is 1. The maximum atomic E-state index is 14.4. The smallest absolute Gasteiger partial charge is 0.243 e. The third-order valence-corrected chi connectivity index (χ3v) is 10.8. The molecule has 3 atom stereocenters. The Labute approximate surface area is 219 Å². The summed E-state index contributed by atoms with van der Waals surface area (Å²) in [6.07, 6.45) is 6.60. The normalized spacial score (nSPS) is 25.8. The predicted octanol–water partition coefficient (Wildman–Crippen LogP) is 5.75. The first kappa shape index (κ1) is 24.7. The van der Waals surface area contributed by atoms with Gasteiger partial charge in [0.2, 0.25) is 15.9 Å². The molecule has 37 heavy (non-hydrogen) atoms. The van der Waals surface area contributed by atoms with E-state index in [1.54, 1.807) is 18.4 Å². The van der Waals surface area contributed by atoms with Gasteiger partial charge in [0.05, 0.1) is 11.2 Å². The topological polar surface area (TPSA) is 70.8 Å². The van der Waals surface area contributed by atoms with Crippen molar-refractivity contribution in [1.82, 2.24) is 9.21 Å². The van der Waals surface area contributed by atoms with Crippen LogP contribution in [0.1, 0.15) is 57.1 Å². The fourth-order valence-electron chi connectivity index (χ4n) is 6.37. The van der Waals surface area contributed by atoms with Crippen molar-refractivity contribution < 1.29 is 17.6 Å². The molecule has 0 radical (unpaired) electrons. The summed E-state index contributed by atoms with van der Waals surface area (Å²) in [6.45, 7) is 7.43. The van der Waals surface area contributed by atoms with Gasteiger partial charge in [0.15, 0.2) is 0 Å². The van der Waals surface area contributed by atoms with E-state index in [4.69, 9.17) is 4.42 Å². The summed E-state index contributed by atoms with van der Waals surface area (Å²) in [5, 5.41) is 1.04. The largest absolute Gasteiger partial charge is 0.464 e. The number of fused-ring (bicyclic) bond motifs is 2. The molecule has 2 heterocycles. The highest BCUT2D eigenvalue weighted by Crippen LogP contribution is 2.52. The highest BCUT2D eigenvalue weighted by atomic mass is 32.2. The maximum Gasteiger partial charge on any atom is 0.243 e. The zero-order valence-corrected chi connectivity index (χ0v) is 22.7. The van der Waals surface area contributed by atoms with Crippen LogP contribution in [0.3, 0.4) is 0 Å². The van der Waals surface area contributed by atoms with Gasteiger partial charge in [0.25, 0.3) is 0 Å². The number of hydrogen-bond donors (Lipinski definition) is 0. The van der Waals surface area contributed by atoms with Gasteiger partial charge < -0.3 is 9.32 Å². The number of hydrogen-bond acceptors (Lipinski definition) is 4. The Balaban J connectivity index is 1.32. The second kappa shape index (κ2) is 8.98. The first-order valence-electron chi connectivity index (χ1n) is 13.5. The Morgan fingerprint density at radius 1 is 1.08 bits per heavy atom. The number of aryl methyl sites for hydroxylation is 1. The molecule has 0 unspecified atom stereocenters. The van der Waals surface area contributed by atoms with Gasteiger partial charge >= 0.3 is 0 Å². The van der Waals surface area contributed by atoms with Gasteiger partial charge in [0, 0.05) is 24.5 Å². The molecule has 1 amide bonds. The minimum Gasteiger partial charge on any atom is -0.464 e. The van der Waals surface area contributed by atoms with E-state index in [1.165, 1.54) is 4.31 Å². The molecule has 1 aliphatic heterocycles. The molecule has 3 aliphatic rings. The summed E-state index contributed by atoms with van der Waals surface area (Å²) in [7, 11) is -3.76. The first-order chi connectivity index (χ1) is 17.6. The van der Waals surface area contributed by atoms with Crippen LogP contribution in [0.15, 0.2) is 64.1 Å². The molecule has 196 valence electrons. The number of carbonyl (C=O) groups is 1. The molecular weight excluding hydrogens is 484 g/mol. The fourth-order valence-corrected chi connectivity index (χ4v) is 8.06. The van der Waals surface area contributed by atoms with Crippen molar-refractivity contribution >= 4 is 26.9 Å². The Kier molecular flexibility index (Phi) is 5.99. The van der Waals surface area contributed by atoms with Gasteiger partial charge in [0.1, 0.15) is 11.6 Å². The summed E-state index contributed by atoms with van der Waals surface area (Å²) < 4.78 is 34.6. The third-order valence-electron chi connectivity index (χ3n) is 8.89. The van der Waals surface area contributed by atoms with Crippen LogP contribution in [0.5, 0.6) is 0 Å². The molecule has 6 rings (SSSR count). The van der Waals surface area contributed by atoms with Crippen molar-refractivity contribution in [2.75, 3.05) is 6.54 Å². The minimum atomic E-state index is -3.76. The van der Waals surface area contributed by atoms with Gasteiger partial charge in [-0.05, 0) is 86.1 Å². The lowest BCUT2D eigenvalue weighted by molar-refractivity contribution is -0.139.